The van der Waals surface area contributed by atoms with Gasteiger partial charge < -0.3 is 14.6 Å². The highest BCUT2D eigenvalue weighted by Gasteiger charge is 2.35. The molecule has 138 valence electrons. The highest BCUT2D eigenvalue weighted by Crippen LogP contribution is 2.20. The summed E-state index contributed by atoms with van der Waals surface area (Å²) in [5, 5.41) is 17.6. The molecule has 1 aromatic heterocycles. The number of carboxylic acid groups (broad SMARTS) is 1. The topological polar surface area (TPSA) is 88.3 Å². The Morgan fingerprint density at radius 2 is 1.92 bits per heavy atom. The maximum Gasteiger partial charge on any atom is 0.328 e. The van der Waals surface area contributed by atoms with Gasteiger partial charge in [0.1, 0.15) is 11.9 Å². The zero-order valence-corrected chi connectivity index (χ0v) is 15.3. The van der Waals surface area contributed by atoms with Crippen molar-refractivity contribution in [3.8, 4) is 0 Å². The number of nitrogens with zero attached hydrogens (tertiary/aromatic N) is 4. The van der Waals surface area contributed by atoms with E-state index in [0.29, 0.717) is 24.0 Å². The Balaban J connectivity index is 1.68. The van der Waals surface area contributed by atoms with Crippen LogP contribution in [0.2, 0.25) is 0 Å². The molecular weight excluding hydrogens is 332 g/mol. The summed E-state index contributed by atoms with van der Waals surface area (Å²) < 4.78 is 1.77. The molecule has 1 aliphatic heterocycles. The fourth-order valence-electron chi connectivity index (χ4n) is 3.25. The van der Waals surface area contributed by atoms with E-state index in [1.54, 1.807) is 11.5 Å². The van der Waals surface area contributed by atoms with Crippen molar-refractivity contribution in [1.29, 1.82) is 0 Å². The standard InChI is InChI=1S/C19H24N4O3/c1-12(2)15-7-4-14(5-8-15)6-9-18(24)23-11-17-21-20-13(3)22(17)10-16(23)19(25)26/h4-5,7-8,12,16H,6,9-11H2,1-3H3,(H,25,26). The Hall–Kier alpha value is -2.70. The number of carbonyl (C=O) groups is 2. The van der Waals surface area contributed by atoms with Crippen LogP contribution >= 0.6 is 0 Å². The second kappa shape index (κ2) is 7.27. The molecule has 1 atom stereocenters. The van der Waals surface area contributed by atoms with Crippen molar-refractivity contribution < 1.29 is 14.7 Å². The molecule has 1 N–H and O–H groups in total. The van der Waals surface area contributed by atoms with E-state index in [4.69, 9.17) is 0 Å². The number of fused-ring (bicyclic) bond motifs is 1. The average Bonchev–Trinajstić information content (AvgIpc) is 2.99. The van der Waals surface area contributed by atoms with Crippen LogP contribution in [0.4, 0.5) is 0 Å². The van der Waals surface area contributed by atoms with Gasteiger partial charge >= 0.3 is 5.97 Å². The smallest absolute Gasteiger partial charge is 0.328 e. The molecule has 7 heteroatoms. The Morgan fingerprint density at radius 3 is 2.54 bits per heavy atom. The van der Waals surface area contributed by atoms with Crippen LogP contribution in [0.3, 0.4) is 0 Å². The fraction of sp³-hybridized carbons (Fsp3) is 0.474. The van der Waals surface area contributed by atoms with Gasteiger partial charge in [-0.25, -0.2) is 4.79 Å². The molecule has 2 heterocycles. The number of carboxylic acids is 1. The second-order valence-electron chi connectivity index (χ2n) is 7.05. The summed E-state index contributed by atoms with van der Waals surface area (Å²) in [4.78, 5) is 25.7. The van der Waals surface area contributed by atoms with Gasteiger partial charge in [-0.3, -0.25) is 4.79 Å². The van der Waals surface area contributed by atoms with Crippen molar-refractivity contribution in [3.63, 3.8) is 0 Å². The number of aryl methyl sites for hydroxylation is 2. The fourth-order valence-corrected chi connectivity index (χ4v) is 3.25. The van der Waals surface area contributed by atoms with Gasteiger partial charge in [0.15, 0.2) is 5.82 Å². The largest absolute Gasteiger partial charge is 0.480 e. The highest BCUT2D eigenvalue weighted by atomic mass is 16.4. The van der Waals surface area contributed by atoms with Crippen molar-refractivity contribution in [2.75, 3.05) is 0 Å². The molecule has 0 spiro atoms. The molecule has 1 aromatic carbocycles. The van der Waals surface area contributed by atoms with Gasteiger partial charge in [-0.05, 0) is 30.4 Å². The van der Waals surface area contributed by atoms with Gasteiger partial charge in [-0.15, -0.1) is 10.2 Å². The second-order valence-corrected chi connectivity index (χ2v) is 7.05. The van der Waals surface area contributed by atoms with Crippen molar-refractivity contribution in [2.24, 2.45) is 0 Å². The number of aromatic nitrogens is 3. The first kappa shape index (κ1) is 18.1. The van der Waals surface area contributed by atoms with Crippen molar-refractivity contribution in [2.45, 2.75) is 58.7 Å². The maximum atomic E-state index is 12.7. The van der Waals surface area contributed by atoms with Gasteiger partial charge in [-0.1, -0.05) is 38.1 Å². The van der Waals surface area contributed by atoms with E-state index in [9.17, 15) is 14.7 Å². The molecule has 1 unspecified atom stereocenters. The molecule has 0 saturated heterocycles. The molecule has 2 aromatic rings. The molecule has 0 aliphatic carbocycles. The van der Waals surface area contributed by atoms with Crippen LogP contribution in [0.1, 0.15) is 49.0 Å². The molecule has 0 saturated carbocycles. The Bertz CT molecular complexity index is 811. The molecule has 3 rings (SSSR count). The monoisotopic (exact) mass is 356 g/mol. The van der Waals surface area contributed by atoms with E-state index in [0.717, 1.165) is 5.56 Å². The van der Waals surface area contributed by atoms with Crippen LogP contribution < -0.4 is 0 Å². The van der Waals surface area contributed by atoms with Crippen molar-refractivity contribution in [3.05, 3.63) is 47.0 Å². The minimum Gasteiger partial charge on any atom is -0.480 e. The molecule has 7 nitrogen and oxygen atoms in total. The van der Waals surface area contributed by atoms with Crippen LogP contribution in [-0.2, 0) is 29.1 Å². The number of carbonyl (C=O) groups excluding carboxylic acids is 1. The summed E-state index contributed by atoms with van der Waals surface area (Å²) in [5.74, 6) is 0.602. The average molecular weight is 356 g/mol. The number of aliphatic carboxylic acids is 1. The molecule has 26 heavy (non-hydrogen) atoms. The zero-order chi connectivity index (χ0) is 18.8. The summed E-state index contributed by atoms with van der Waals surface area (Å²) in [5.41, 5.74) is 2.34. The summed E-state index contributed by atoms with van der Waals surface area (Å²) >= 11 is 0. The summed E-state index contributed by atoms with van der Waals surface area (Å²) in [7, 11) is 0. The van der Waals surface area contributed by atoms with Crippen LogP contribution in [-0.4, -0.2) is 42.7 Å². The predicted molar refractivity (Wildman–Crippen MR) is 95.6 cm³/mol. The number of rotatable bonds is 5. The SMILES string of the molecule is Cc1nnc2n1CC(C(=O)O)N(C(=O)CCc1ccc(C(C)C)cc1)C2. The maximum absolute atomic E-state index is 12.7. The molecule has 0 bridgehead atoms. The Morgan fingerprint density at radius 1 is 1.23 bits per heavy atom. The van der Waals surface area contributed by atoms with Gasteiger partial charge in [0.2, 0.25) is 5.91 Å². The highest BCUT2D eigenvalue weighted by molar-refractivity contribution is 5.84. The minimum absolute atomic E-state index is 0.169. The van der Waals surface area contributed by atoms with E-state index in [-0.39, 0.29) is 25.4 Å². The zero-order valence-electron chi connectivity index (χ0n) is 15.3. The third kappa shape index (κ3) is 3.61. The lowest BCUT2D eigenvalue weighted by Gasteiger charge is -2.33. The number of amides is 1. The van der Waals surface area contributed by atoms with E-state index < -0.39 is 12.0 Å². The van der Waals surface area contributed by atoms with E-state index >= 15 is 0 Å². The molecule has 0 fully saturated rings. The summed E-state index contributed by atoms with van der Waals surface area (Å²) in [6, 6.07) is 7.35. The molecule has 0 radical (unpaired) electrons. The van der Waals surface area contributed by atoms with E-state index in [1.807, 2.05) is 12.1 Å². The van der Waals surface area contributed by atoms with Crippen LogP contribution in [0.5, 0.6) is 0 Å². The third-order valence-electron chi connectivity index (χ3n) is 4.94. The first-order valence-electron chi connectivity index (χ1n) is 8.86. The van der Waals surface area contributed by atoms with Gasteiger partial charge in [-0.2, -0.15) is 0 Å². The van der Waals surface area contributed by atoms with Crippen molar-refractivity contribution >= 4 is 11.9 Å². The summed E-state index contributed by atoms with van der Waals surface area (Å²) in [6.07, 6.45) is 0.865. The van der Waals surface area contributed by atoms with Gasteiger partial charge in [0, 0.05) is 6.42 Å². The van der Waals surface area contributed by atoms with Crippen LogP contribution in [0, 0.1) is 6.92 Å². The van der Waals surface area contributed by atoms with E-state index in [1.165, 1.54) is 10.5 Å². The lowest BCUT2D eigenvalue weighted by atomic mass is 10.00. The molecule has 1 amide bonds. The first-order chi connectivity index (χ1) is 12.4. The van der Waals surface area contributed by atoms with E-state index in [2.05, 4.69) is 36.2 Å². The first-order valence-corrected chi connectivity index (χ1v) is 8.86. The van der Waals surface area contributed by atoms with Crippen LogP contribution in [0.15, 0.2) is 24.3 Å². The lowest BCUT2D eigenvalue weighted by Crippen LogP contribution is -2.50. The molecule has 1 aliphatic rings. The molecular formula is C19H24N4O3. The normalized spacial score (nSPS) is 16.6. The Kier molecular flexibility index (Phi) is 5.06. The minimum atomic E-state index is -1.00. The number of benzene rings is 1. The van der Waals surface area contributed by atoms with Gasteiger partial charge in [0.25, 0.3) is 0 Å². The quantitative estimate of drug-likeness (QED) is 0.887. The van der Waals surface area contributed by atoms with Crippen molar-refractivity contribution in [1.82, 2.24) is 19.7 Å². The number of hydrogen-bond donors (Lipinski definition) is 1. The van der Waals surface area contributed by atoms with Gasteiger partial charge in [0.05, 0.1) is 13.1 Å². The third-order valence-corrected chi connectivity index (χ3v) is 4.94. The number of hydrogen-bond acceptors (Lipinski definition) is 4. The van der Waals surface area contributed by atoms with Crippen LogP contribution in [0.25, 0.3) is 0 Å². The summed E-state index contributed by atoms with van der Waals surface area (Å²) in [6.45, 7) is 6.44. The Labute approximate surface area is 152 Å². The predicted octanol–water partition coefficient (Wildman–Crippen LogP) is 2.14. The lowest BCUT2D eigenvalue weighted by molar-refractivity contribution is -0.152.